The van der Waals surface area contributed by atoms with Crippen molar-refractivity contribution >= 4 is 54.5 Å². The van der Waals surface area contributed by atoms with Gasteiger partial charge < -0.3 is 4.57 Å². The fourth-order valence-corrected chi connectivity index (χ4v) is 9.72. The van der Waals surface area contributed by atoms with Crippen LogP contribution in [0.4, 0.5) is 0 Å². The Kier molecular flexibility index (Phi) is 3.84. The Balaban J connectivity index is 1.30. The summed E-state index contributed by atoms with van der Waals surface area (Å²) in [5.74, 6) is 0. The van der Waals surface area contributed by atoms with Gasteiger partial charge in [0, 0.05) is 16.2 Å². The van der Waals surface area contributed by atoms with E-state index >= 15 is 0 Å². The predicted molar refractivity (Wildman–Crippen MR) is 189 cm³/mol. The van der Waals surface area contributed by atoms with Crippen LogP contribution in [0, 0.1) is 0 Å². The molecule has 0 saturated heterocycles. The quantitative estimate of drug-likeness (QED) is 0.167. The normalized spacial score (nSPS) is 16.4. The third-order valence-corrected chi connectivity index (χ3v) is 11.4. The molecule has 3 aliphatic rings. The standard InChI is InChI=1S/C43H25N5/c1-2-12-28-26(10-1)11-7-15-29(28)27-24-45-36-19-8-20-37-39(36)43(46(45)25-27)40-38(22-21-32-30-13-3-5-17-34(30)47(37)41(32)40)48-35-18-6-4-14-31(35)33-16-9-23-44(43)42(33)48/h1-25H/q+2. The van der Waals surface area contributed by atoms with E-state index in [2.05, 4.69) is 175 Å². The van der Waals surface area contributed by atoms with E-state index in [1.165, 1.54) is 93.8 Å². The van der Waals surface area contributed by atoms with Gasteiger partial charge in [-0.3, -0.25) is 0 Å². The molecule has 0 bridgehead atoms. The average molecular weight is 612 g/mol. The lowest BCUT2D eigenvalue weighted by Crippen LogP contribution is -2.76. The molecule has 220 valence electrons. The number of rotatable bonds is 1. The van der Waals surface area contributed by atoms with Crippen molar-refractivity contribution in [3.05, 3.63) is 163 Å². The lowest BCUT2D eigenvalue weighted by Gasteiger charge is -2.33. The summed E-state index contributed by atoms with van der Waals surface area (Å²) in [6.07, 6.45) is 7.06. The van der Waals surface area contributed by atoms with Crippen LogP contribution < -0.4 is 9.25 Å². The van der Waals surface area contributed by atoms with Crippen LogP contribution in [0.5, 0.6) is 0 Å². The molecular weight excluding hydrogens is 587 g/mol. The van der Waals surface area contributed by atoms with Crippen LogP contribution in [-0.2, 0) is 5.66 Å². The molecule has 48 heavy (non-hydrogen) atoms. The largest absolute Gasteiger partial charge is 0.394 e. The molecule has 1 atom stereocenters. The van der Waals surface area contributed by atoms with E-state index < -0.39 is 5.66 Å². The highest BCUT2D eigenvalue weighted by Gasteiger charge is 2.68. The molecule has 0 aliphatic carbocycles. The average Bonchev–Trinajstić information content (AvgIpc) is 3.89. The van der Waals surface area contributed by atoms with E-state index in [0.717, 1.165) is 0 Å². The van der Waals surface area contributed by atoms with Crippen molar-refractivity contribution in [3.8, 4) is 28.2 Å². The fraction of sp³-hybridized carbons (Fsp3) is 0.0233. The summed E-state index contributed by atoms with van der Waals surface area (Å²) >= 11 is 0. The molecule has 0 fully saturated rings. The molecule has 3 aliphatic heterocycles. The number of fused-ring (bicyclic) bond motifs is 11. The van der Waals surface area contributed by atoms with Gasteiger partial charge in [0.2, 0.25) is 6.20 Å². The van der Waals surface area contributed by atoms with Crippen molar-refractivity contribution in [3.63, 3.8) is 0 Å². The van der Waals surface area contributed by atoms with E-state index in [-0.39, 0.29) is 0 Å². The summed E-state index contributed by atoms with van der Waals surface area (Å²) in [4.78, 5) is 0. The molecule has 0 saturated carbocycles. The van der Waals surface area contributed by atoms with Gasteiger partial charge in [-0.15, -0.1) is 4.68 Å². The van der Waals surface area contributed by atoms with Gasteiger partial charge in [0.05, 0.1) is 40.1 Å². The smallest absolute Gasteiger partial charge is 0.307 e. The van der Waals surface area contributed by atoms with Gasteiger partial charge in [-0.2, -0.15) is 9.13 Å². The summed E-state index contributed by atoms with van der Waals surface area (Å²) in [6, 6.07) is 49.3. The molecule has 0 amide bonds. The second kappa shape index (κ2) is 7.73. The van der Waals surface area contributed by atoms with Crippen molar-refractivity contribution in [2.45, 2.75) is 5.66 Å². The maximum absolute atomic E-state index is 2.57. The minimum absolute atomic E-state index is 0.655. The van der Waals surface area contributed by atoms with Crippen LogP contribution in [-0.4, -0.2) is 13.8 Å². The lowest BCUT2D eigenvalue weighted by atomic mass is 9.82. The van der Waals surface area contributed by atoms with Gasteiger partial charge in [0.1, 0.15) is 22.3 Å². The molecule has 5 heteroatoms. The predicted octanol–water partition coefficient (Wildman–Crippen LogP) is 8.30. The summed E-state index contributed by atoms with van der Waals surface area (Å²) in [6.45, 7) is 0. The Morgan fingerprint density at radius 2 is 1.19 bits per heavy atom. The Labute approximate surface area is 274 Å². The fourth-order valence-electron chi connectivity index (χ4n) is 9.72. The number of hydrogen-bond donors (Lipinski definition) is 0. The van der Waals surface area contributed by atoms with E-state index in [1.807, 2.05) is 0 Å². The zero-order chi connectivity index (χ0) is 30.9. The zero-order valence-electron chi connectivity index (χ0n) is 25.7. The van der Waals surface area contributed by atoms with Gasteiger partial charge >= 0.3 is 11.3 Å². The highest BCUT2D eigenvalue weighted by Crippen LogP contribution is 2.53. The van der Waals surface area contributed by atoms with E-state index in [4.69, 9.17) is 0 Å². The molecule has 5 nitrogen and oxygen atoms in total. The number of pyridine rings is 1. The molecule has 4 aromatic heterocycles. The van der Waals surface area contributed by atoms with Crippen molar-refractivity contribution in [2.24, 2.45) is 0 Å². The lowest BCUT2D eigenvalue weighted by molar-refractivity contribution is -0.987. The Bertz CT molecular complexity index is 3130. The summed E-state index contributed by atoms with van der Waals surface area (Å²) in [5.41, 5.74) is 13.1. The number of aromatic nitrogens is 5. The highest BCUT2D eigenvalue weighted by atomic mass is 15.5. The monoisotopic (exact) mass is 611 g/mol. The van der Waals surface area contributed by atoms with Gasteiger partial charge in [0.25, 0.3) is 0 Å². The van der Waals surface area contributed by atoms with Gasteiger partial charge in [-0.05, 0) is 70.9 Å². The number of benzene rings is 6. The van der Waals surface area contributed by atoms with Crippen LogP contribution in [0.2, 0.25) is 0 Å². The van der Waals surface area contributed by atoms with Crippen LogP contribution in [0.15, 0.2) is 152 Å². The van der Waals surface area contributed by atoms with Crippen LogP contribution in [0.25, 0.3) is 82.7 Å². The first-order valence-electron chi connectivity index (χ1n) is 16.6. The molecule has 1 spiro atoms. The Hall–Kier alpha value is -6.46. The minimum atomic E-state index is -0.655. The number of para-hydroxylation sites is 2. The summed E-state index contributed by atoms with van der Waals surface area (Å²) in [7, 11) is 0. The molecule has 0 radical (unpaired) electrons. The first kappa shape index (κ1) is 23.8. The highest BCUT2D eigenvalue weighted by molar-refractivity contribution is 6.14. The molecular formula is C43H25N5+2. The Morgan fingerprint density at radius 1 is 0.500 bits per heavy atom. The molecule has 0 N–H and O–H groups in total. The van der Waals surface area contributed by atoms with Crippen LogP contribution in [0.3, 0.4) is 0 Å². The maximum Gasteiger partial charge on any atom is 0.394 e. The first-order valence-corrected chi connectivity index (χ1v) is 16.6. The number of nitrogens with zero attached hydrogens (tertiary/aromatic N) is 5. The van der Waals surface area contributed by atoms with Gasteiger partial charge in [-0.25, -0.2) is 0 Å². The van der Waals surface area contributed by atoms with Crippen molar-refractivity contribution in [2.75, 3.05) is 0 Å². The van der Waals surface area contributed by atoms with Gasteiger partial charge in [0.15, 0.2) is 5.69 Å². The maximum atomic E-state index is 2.57. The summed E-state index contributed by atoms with van der Waals surface area (Å²) in [5, 5.41) is 7.62. The van der Waals surface area contributed by atoms with Crippen molar-refractivity contribution < 1.29 is 9.25 Å². The van der Waals surface area contributed by atoms with E-state index in [1.54, 1.807) is 0 Å². The van der Waals surface area contributed by atoms with Crippen LogP contribution >= 0.6 is 0 Å². The zero-order valence-corrected chi connectivity index (χ0v) is 25.7. The third-order valence-electron chi connectivity index (χ3n) is 11.4. The topological polar surface area (TPSA) is 22.5 Å². The third kappa shape index (κ3) is 2.37. The first-order chi connectivity index (χ1) is 23.8. The Morgan fingerprint density at radius 3 is 2.08 bits per heavy atom. The van der Waals surface area contributed by atoms with Crippen molar-refractivity contribution in [1.82, 2.24) is 13.8 Å². The van der Waals surface area contributed by atoms with E-state index in [9.17, 15) is 0 Å². The molecule has 6 aromatic carbocycles. The van der Waals surface area contributed by atoms with Crippen molar-refractivity contribution in [1.29, 1.82) is 0 Å². The summed E-state index contributed by atoms with van der Waals surface area (Å²) < 4.78 is 12.6. The molecule has 13 rings (SSSR count). The number of hydrogen-bond acceptors (Lipinski definition) is 0. The second-order valence-electron chi connectivity index (χ2n) is 13.4. The van der Waals surface area contributed by atoms with Gasteiger partial charge in [-0.1, -0.05) is 83.5 Å². The van der Waals surface area contributed by atoms with E-state index in [0.29, 0.717) is 0 Å². The SMILES string of the molecule is c1cc2c3c(c1)-n1cc(-c4cccc5ccccc45)c[n+]1C31c3c(ccc4c5ccccc5n-2c34)-n2c3ccccc3c3ccc[n+]1c32. The second-order valence-corrected chi connectivity index (χ2v) is 13.4. The molecule has 7 heterocycles. The molecule has 1 unspecified atom stereocenters. The van der Waals surface area contributed by atoms with Crippen LogP contribution in [0.1, 0.15) is 11.1 Å². The minimum Gasteiger partial charge on any atom is -0.307 e. The molecule has 10 aromatic rings.